The molecule has 0 aliphatic carbocycles. The van der Waals surface area contributed by atoms with Gasteiger partial charge in [-0.2, -0.15) is 0 Å². The first-order valence-corrected chi connectivity index (χ1v) is 5.53. The summed E-state index contributed by atoms with van der Waals surface area (Å²) in [5.41, 5.74) is 11.3. The first kappa shape index (κ1) is 11.7. The Hall–Kier alpha value is -1.78. The molecule has 1 atom stereocenters. The van der Waals surface area contributed by atoms with Gasteiger partial charge >= 0.3 is 0 Å². The highest BCUT2D eigenvalue weighted by molar-refractivity contribution is 5.82. The van der Waals surface area contributed by atoms with Crippen molar-refractivity contribution >= 4 is 17.3 Å². The van der Waals surface area contributed by atoms with E-state index < -0.39 is 11.2 Å². The van der Waals surface area contributed by atoms with Crippen molar-refractivity contribution in [2.75, 3.05) is 23.7 Å². The van der Waals surface area contributed by atoms with Gasteiger partial charge in [-0.15, -0.1) is 0 Å². The second-order valence-electron chi connectivity index (χ2n) is 4.77. The number of nitrogens with two attached hydrogens (primary N) is 2. The zero-order chi connectivity index (χ0) is 12.6. The molecule has 0 saturated carbocycles. The van der Waals surface area contributed by atoms with Gasteiger partial charge < -0.3 is 16.4 Å². The Morgan fingerprint density at radius 1 is 1.53 bits per heavy atom. The van der Waals surface area contributed by atoms with E-state index in [4.69, 9.17) is 11.5 Å². The molecule has 1 unspecified atom stereocenters. The van der Waals surface area contributed by atoms with Gasteiger partial charge in [-0.3, -0.25) is 4.79 Å². The van der Waals surface area contributed by atoms with Crippen LogP contribution in [0.1, 0.15) is 13.3 Å². The van der Waals surface area contributed by atoms with Gasteiger partial charge in [-0.1, -0.05) is 6.07 Å². The van der Waals surface area contributed by atoms with E-state index in [1.807, 2.05) is 11.8 Å². The maximum absolute atomic E-state index is 13.3. The van der Waals surface area contributed by atoms with E-state index in [0.29, 0.717) is 25.2 Å². The minimum atomic E-state index is -0.557. The fourth-order valence-corrected chi connectivity index (χ4v) is 2.17. The Labute approximate surface area is 99.4 Å². The van der Waals surface area contributed by atoms with Crippen LogP contribution in [0.5, 0.6) is 0 Å². The van der Waals surface area contributed by atoms with Crippen LogP contribution < -0.4 is 16.4 Å². The third-order valence-corrected chi connectivity index (χ3v) is 3.44. The zero-order valence-corrected chi connectivity index (χ0v) is 9.74. The lowest BCUT2D eigenvalue weighted by Gasteiger charge is -2.23. The predicted molar refractivity (Wildman–Crippen MR) is 64.9 cm³/mol. The van der Waals surface area contributed by atoms with E-state index in [-0.39, 0.29) is 11.6 Å². The van der Waals surface area contributed by atoms with E-state index in [2.05, 4.69) is 0 Å². The maximum atomic E-state index is 13.3. The minimum Gasteiger partial charge on any atom is -0.395 e. The minimum absolute atomic E-state index is 0.126. The maximum Gasteiger partial charge on any atom is 0.225 e. The molecule has 92 valence electrons. The summed E-state index contributed by atoms with van der Waals surface area (Å²) in [7, 11) is 0. The van der Waals surface area contributed by atoms with Crippen LogP contribution in [-0.2, 0) is 4.79 Å². The number of carbonyl (C=O) groups excluding carboxylic acids is 1. The fraction of sp³-hybridized carbons (Fsp3) is 0.417. The summed E-state index contributed by atoms with van der Waals surface area (Å²) in [5, 5.41) is 0. The highest BCUT2D eigenvalue weighted by Gasteiger charge is 2.39. The highest BCUT2D eigenvalue weighted by atomic mass is 19.1. The molecule has 1 aromatic carbocycles. The van der Waals surface area contributed by atoms with Gasteiger partial charge in [-0.05, 0) is 25.5 Å². The SMILES string of the molecule is CC1(C(N)=O)CCN(c2cccc(F)c2N)C1. The quantitative estimate of drug-likeness (QED) is 0.757. The van der Waals surface area contributed by atoms with Crippen molar-refractivity contribution < 1.29 is 9.18 Å². The van der Waals surface area contributed by atoms with Crippen LogP contribution in [0.15, 0.2) is 18.2 Å². The second kappa shape index (κ2) is 3.91. The molecular formula is C12H16FN3O. The molecule has 4 nitrogen and oxygen atoms in total. The van der Waals surface area contributed by atoms with E-state index >= 15 is 0 Å². The van der Waals surface area contributed by atoms with Crippen molar-refractivity contribution in [1.29, 1.82) is 0 Å². The standard InChI is InChI=1S/C12H16FN3O/c1-12(11(15)17)5-6-16(7-12)9-4-2-3-8(13)10(9)14/h2-4H,5-7,14H2,1H3,(H2,15,17). The van der Waals surface area contributed by atoms with Crippen LogP contribution in [0.25, 0.3) is 0 Å². The van der Waals surface area contributed by atoms with E-state index in [9.17, 15) is 9.18 Å². The average Bonchev–Trinajstić information content (AvgIpc) is 2.66. The van der Waals surface area contributed by atoms with Crippen LogP contribution in [0.3, 0.4) is 0 Å². The normalized spacial score (nSPS) is 24.0. The molecule has 1 aromatic rings. The van der Waals surface area contributed by atoms with Gasteiger partial charge in [0, 0.05) is 13.1 Å². The van der Waals surface area contributed by atoms with Gasteiger partial charge in [0.1, 0.15) is 5.82 Å². The molecule has 0 aromatic heterocycles. The number of nitrogen functional groups attached to an aromatic ring is 1. The molecule has 1 aliphatic rings. The summed E-state index contributed by atoms with van der Waals surface area (Å²) in [5.74, 6) is -0.759. The first-order valence-electron chi connectivity index (χ1n) is 5.53. The Kier molecular flexibility index (Phi) is 2.69. The lowest BCUT2D eigenvalue weighted by molar-refractivity contribution is -0.125. The van der Waals surface area contributed by atoms with Crippen molar-refractivity contribution in [3.05, 3.63) is 24.0 Å². The van der Waals surface area contributed by atoms with Crippen molar-refractivity contribution in [3.8, 4) is 0 Å². The Bertz CT molecular complexity index is 463. The van der Waals surface area contributed by atoms with Crippen LogP contribution >= 0.6 is 0 Å². The number of carbonyl (C=O) groups is 1. The van der Waals surface area contributed by atoms with Crippen LogP contribution in [0.4, 0.5) is 15.8 Å². The first-order chi connectivity index (χ1) is 7.94. The van der Waals surface area contributed by atoms with Gasteiger partial charge in [0.15, 0.2) is 0 Å². The number of anilines is 2. The molecule has 1 aliphatic heterocycles. The topological polar surface area (TPSA) is 72.4 Å². The lowest BCUT2D eigenvalue weighted by atomic mass is 9.89. The predicted octanol–water partition coefficient (Wildman–Crippen LogP) is 1.11. The number of amides is 1. The number of benzene rings is 1. The molecule has 17 heavy (non-hydrogen) atoms. The number of primary amides is 1. The molecule has 1 saturated heterocycles. The number of hydrogen-bond acceptors (Lipinski definition) is 3. The summed E-state index contributed by atoms with van der Waals surface area (Å²) < 4.78 is 13.3. The van der Waals surface area contributed by atoms with E-state index in [1.165, 1.54) is 6.07 Å². The molecule has 2 rings (SSSR count). The van der Waals surface area contributed by atoms with Crippen molar-refractivity contribution in [1.82, 2.24) is 0 Å². The number of nitrogens with zero attached hydrogens (tertiary/aromatic N) is 1. The van der Waals surface area contributed by atoms with Gasteiger partial charge in [0.2, 0.25) is 5.91 Å². The summed E-state index contributed by atoms with van der Waals surface area (Å²) >= 11 is 0. The Morgan fingerprint density at radius 3 is 2.82 bits per heavy atom. The average molecular weight is 237 g/mol. The van der Waals surface area contributed by atoms with Crippen molar-refractivity contribution in [2.24, 2.45) is 11.1 Å². The molecule has 0 radical (unpaired) electrons. The Morgan fingerprint density at radius 2 is 2.24 bits per heavy atom. The smallest absolute Gasteiger partial charge is 0.225 e. The number of halogens is 1. The lowest BCUT2D eigenvalue weighted by Crippen LogP contribution is -2.37. The third kappa shape index (κ3) is 1.92. The molecule has 1 amide bonds. The van der Waals surface area contributed by atoms with Crippen LogP contribution in [-0.4, -0.2) is 19.0 Å². The number of hydrogen-bond donors (Lipinski definition) is 2. The van der Waals surface area contributed by atoms with Gasteiger partial charge in [-0.25, -0.2) is 4.39 Å². The molecule has 1 fully saturated rings. The van der Waals surface area contributed by atoms with Crippen molar-refractivity contribution in [2.45, 2.75) is 13.3 Å². The number of rotatable bonds is 2. The van der Waals surface area contributed by atoms with Gasteiger partial charge in [0.05, 0.1) is 16.8 Å². The summed E-state index contributed by atoms with van der Waals surface area (Å²) in [6.45, 7) is 2.97. The molecule has 4 N–H and O–H groups in total. The highest BCUT2D eigenvalue weighted by Crippen LogP contribution is 2.35. The molecule has 5 heteroatoms. The Balaban J connectivity index is 2.27. The van der Waals surface area contributed by atoms with Crippen molar-refractivity contribution in [3.63, 3.8) is 0 Å². The van der Waals surface area contributed by atoms with Crippen LogP contribution in [0.2, 0.25) is 0 Å². The largest absolute Gasteiger partial charge is 0.395 e. The molecule has 1 heterocycles. The molecule has 0 bridgehead atoms. The fourth-order valence-electron chi connectivity index (χ4n) is 2.17. The van der Waals surface area contributed by atoms with E-state index in [0.717, 1.165) is 0 Å². The third-order valence-electron chi connectivity index (χ3n) is 3.44. The van der Waals surface area contributed by atoms with E-state index in [1.54, 1.807) is 12.1 Å². The summed E-state index contributed by atoms with van der Waals surface area (Å²) in [6, 6.07) is 4.69. The monoisotopic (exact) mass is 237 g/mol. The summed E-state index contributed by atoms with van der Waals surface area (Å²) in [6.07, 6.45) is 0.665. The molecule has 0 spiro atoms. The second-order valence-corrected chi connectivity index (χ2v) is 4.77. The summed E-state index contributed by atoms with van der Waals surface area (Å²) in [4.78, 5) is 13.2. The van der Waals surface area contributed by atoms with Gasteiger partial charge in [0.25, 0.3) is 0 Å². The molecular weight excluding hydrogens is 221 g/mol. The van der Waals surface area contributed by atoms with Crippen LogP contribution in [0, 0.1) is 11.2 Å². The number of para-hydroxylation sites is 1. The zero-order valence-electron chi connectivity index (χ0n) is 9.74.